The van der Waals surface area contributed by atoms with Crippen LogP contribution >= 0.6 is 27.7 Å². The van der Waals surface area contributed by atoms with Crippen LogP contribution in [0.1, 0.15) is 16.5 Å². The maximum absolute atomic E-state index is 12.4. The Balaban J connectivity index is 1.58. The van der Waals surface area contributed by atoms with Gasteiger partial charge in [-0.2, -0.15) is 5.10 Å². The Morgan fingerprint density at radius 3 is 2.56 bits per heavy atom. The molecule has 0 bridgehead atoms. The van der Waals surface area contributed by atoms with E-state index in [4.69, 9.17) is 0 Å². The smallest absolute Gasteiger partial charge is 0.238 e. The van der Waals surface area contributed by atoms with Gasteiger partial charge >= 0.3 is 0 Å². The molecule has 0 saturated carbocycles. The molecule has 2 heterocycles. The Hall–Kier alpha value is -2.12. The average Bonchev–Trinajstić information content (AvgIpc) is 3.26. The van der Waals surface area contributed by atoms with Crippen LogP contribution in [0, 0.1) is 0 Å². The minimum Gasteiger partial charge on any atom is -0.295 e. The number of thioether (sulfide) groups is 1. The summed E-state index contributed by atoms with van der Waals surface area (Å²) < 4.78 is 2.81. The van der Waals surface area contributed by atoms with Crippen molar-refractivity contribution in [2.75, 3.05) is 10.7 Å². The fraction of sp³-hybridized carbons (Fsp3) is 0.167. The first-order valence-corrected chi connectivity index (χ1v) is 9.65. The van der Waals surface area contributed by atoms with E-state index in [1.54, 1.807) is 22.8 Å². The molecule has 0 radical (unpaired) electrons. The summed E-state index contributed by atoms with van der Waals surface area (Å²) in [7, 11) is 0. The Kier molecular flexibility index (Phi) is 4.59. The van der Waals surface area contributed by atoms with Gasteiger partial charge in [0.05, 0.1) is 12.3 Å². The van der Waals surface area contributed by atoms with Gasteiger partial charge in [0.25, 0.3) is 0 Å². The zero-order chi connectivity index (χ0) is 17.2. The number of benzene rings is 2. The molecule has 1 aliphatic heterocycles. The van der Waals surface area contributed by atoms with Gasteiger partial charge in [0.15, 0.2) is 0 Å². The largest absolute Gasteiger partial charge is 0.295 e. The number of carbonyl (C=O) groups is 1. The molecular weight excluding hydrogens is 400 g/mol. The number of halogens is 1. The lowest BCUT2D eigenvalue weighted by Crippen LogP contribution is -2.27. The summed E-state index contributed by atoms with van der Waals surface area (Å²) in [5, 5.41) is 4.13. The normalized spacial score (nSPS) is 17.2. The molecule has 0 spiro atoms. The van der Waals surface area contributed by atoms with E-state index in [1.165, 1.54) is 6.33 Å². The molecule has 3 aromatic rings. The third kappa shape index (κ3) is 3.48. The van der Waals surface area contributed by atoms with Gasteiger partial charge in [-0.15, -0.1) is 11.8 Å². The van der Waals surface area contributed by atoms with Crippen LogP contribution in [0.2, 0.25) is 0 Å². The summed E-state index contributed by atoms with van der Waals surface area (Å²) in [5.74, 6) is 0.642. The lowest BCUT2D eigenvalue weighted by Gasteiger charge is -2.24. The van der Waals surface area contributed by atoms with E-state index in [9.17, 15) is 4.79 Å². The Morgan fingerprint density at radius 2 is 1.88 bits per heavy atom. The third-order valence-electron chi connectivity index (χ3n) is 4.05. The second-order valence-electron chi connectivity index (χ2n) is 5.74. The standard InChI is InChI=1S/C18H15BrN4OS/c19-15-5-3-14(4-6-15)18-23(17(24)10-25-18)16-7-1-13(2-8-16)9-22-12-20-11-21-22/h1-8,11-12,18H,9-10H2. The van der Waals surface area contributed by atoms with E-state index < -0.39 is 0 Å². The van der Waals surface area contributed by atoms with Crippen molar-refractivity contribution in [3.05, 3.63) is 76.8 Å². The summed E-state index contributed by atoms with van der Waals surface area (Å²) in [4.78, 5) is 18.3. The molecule has 1 aromatic heterocycles. The number of amides is 1. The highest BCUT2D eigenvalue weighted by atomic mass is 79.9. The fourth-order valence-electron chi connectivity index (χ4n) is 2.84. The lowest BCUT2D eigenvalue weighted by atomic mass is 10.1. The monoisotopic (exact) mass is 414 g/mol. The highest BCUT2D eigenvalue weighted by Gasteiger charge is 2.33. The van der Waals surface area contributed by atoms with Gasteiger partial charge in [-0.1, -0.05) is 40.2 Å². The molecular formula is C18H15BrN4OS. The first kappa shape index (κ1) is 16.4. The molecule has 4 rings (SSSR count). The summed E-state index contributed by atoms with van der Waals surface area (Å²) in [6.45, 7) is 0.666. The van der Waals surface area contributed by atoms with Crippen molar-refractivity contribution in [1.29, 1.82) is 0 Å². The van der Waals surface area contributed by atoms with Crippen molar-refractivity contribution in [2.24, 2.45) is 0 Å². The van der Waals surface area contributed by atoms with Crippen molar-refractivity contribution in [2.45, 2.75) is 11.9 Å². The summed E-state index contributed by atoms with van der Waals surface area (Å²) in [6.07, 6.45) is 3.22. The quantitative estimate of drug-likeness (QED) is 0.649. The minimum atomic E-state index is 0.0155. The number of hydrogen-bond donors (Lipinski definition) is 0. The molecule has 1 unspecified atom stereocenters. The van der Waals surface area contributed by atoms with E-state index in [0.29, 0.717) is 12.3 Å². The van der Waals surface area contributed by atoms with Crippen LogP contribution < -0.4 is 4.90 Å². The molecule has 2 aromatic carbocycles. The number of rotatable bonds is 4. The maximum Gasteiger partial charge on any atom is 0.238 e. The molecule has 1 amide bonds. The van der Waals surface area contributed by atoms with E-state index >= 15 is 0 Å². The number of aromatic nitrogens is 3. The van der Waals surface area contributed by atoms with E-state index in [2.05, 4.69) is 38.1 Å². The van der Waals surface area contributed by atoms with Crippen molar-refractivity contribution in [3.8, 4) is 0 Å². The highest BCUT2D eigenvalue weighted by molar-refractivity contribution is 9.10. The maximum atomic E-state index is 12.4. The predicted octanol–water partition coefficient (Wildman–Crippen LogP) is 3.87. The average molecular weight is 415 g/mol. The molecule has 1 aliphatic rings. The van der Waals surface area contributed by atoms with E-state index in [-0.39, 0.29) is 11.3 Å². The summed E-state index contributed by atoms with van der Waals surface area (Å²) in [5.41, 5.74) is 3.17. The van der Waals surface area contributed by atoms with Crippen LogP contribution in [0.3, 0.4) is 0 Å². The topological polar surface area (TPSA) is 51.0 Å². The number of carbonyl (C=O) groups excluding carboxylic acids is 1. The van der Waals surface area contributed by atoms with Gasteiger partial charge in [-0.25, -0.2) is 9.67 Å². The van der Waals surface area contributed by atoms with Crippen LogP contribution in [-0.2, 0) is 11.3 Å². The van der Waals surface area contributed by atoms with Crippen LogP contribution in [0.15, 0.2) is 65.7 Å². The van der Waals surface area contributed by atoms with Crippen LogP contribution in [0.5, 0.6) is 0 Å². The second kappa shape index (κ2) is 7.01. The van der Waals surface area contributed by atoms with Gasteiger partial charge in [0.1, 0.15) is 18.0 Å². The molecule has 126 valence electrons. The fourth-order valence-corrected chi connectivity index (χ4v) is 4.28. The van der Waals surface area contributed by atoms with Crippen molar-refractivity contribution >= 4 is 39.3 Å². The number of nitrogens with zero attached hydrogens (tertiary/aromatic N) is 4. The first-order chi connectivity index (χ1) is 12.2. The van der Waals surface area contributed by atoms with Crippen LogP contribution in [0.4, 0.5) is 5.69 Å². The van der Waals surface area contributed by atoms with Gasteiger partial charge < -0.3 is 0 Å². The highest BCUT2D eigenvalue weighted by Crippen LogP contribution is 2.41. The molecule has 0 N–H and O–H groups in total. The Morgan fingerprint density at radius 1 is 1.12 bits per heavy atom. The van der Waals surface area contributed by atoms with Gasteiger partial charge in [-0.3, -0.25) is 9.69 Å². The summed E-state index contributed by atoms with van der Waals surface area (Å²) >= 11 is 5.12. The number of anilines is 1. The zero-order valence-electron chi connectivity index (χ0n) is 13.2. The van der Waals surface area contributed by atoms with E-state index in [0.717, 1.165) is 21.3 Å². The predicted molar refractivity (Wildman–Crippen MR) is 102 cm³/mol. The third-order valence-corrected chi connectivity index (χ3v) is 5.79. The van der Waals surface area contributed by atoms with Crippen LogP contribution in [-0.4, -0.2) is 26.4 Å². The Labute approximate surface area is 158 Å². The van der Waals surface area contributed by atoms with Crippen molar-refractivity contribution in [1.82, 2.24) is 14.8 Å². The van der Waals surface area contributed by atoms with Gasteiger partial charge in [-0.05, 0) is 35.4 Å². The van der Waals surface area contributed by atoms with Gasteiger partial charge in [0.2, 0.25) is 5.91 Å². The SMILES string of the molecule is O=C1CSC(c2ccc(Br)cc2)N1c1ccc(Cn2cncn2)cc1. The zero-order valence-corrected chi connectivity index (χ0v) is 15.7. The second-order valence-corrected chi connectivity index (χ2v) is 7.72. The number of hydrogen-bond acceptors (Lipinski definition) is 4. The molecule has 5 nitrogen and oxygen atoms in total. The molecule has 1 saturated heterocycles. The van der Waals surface area contributed by atoms with Crippen molar-refractivity contribution < 1.29 is 4.79 Å². The summed E-state index contributed by atoms with van der Waals surface area (Å²) in [6, 6.07) is 16.2. The van der Waals surface area contributed by atoms with Crippen LogP contribution in [0.25, 0.3) is 0 Å². The Bertz CT molecular complexity index is 865. The molecule has 7 heteroatoms. The van der Waals surface area contributed by atoms with Gasteiger partial charge in [0, 0.05) is 10.2 Å². The van der Waals surface area contributed by atoms with Crippen molar-refractivity contribution in [3.63, 3.8) is 0 Å². The molecule has 1 fully saturated rings. The minimum absolute atomic E-state index is 0.0155. The lowest BCUT2D eigenvalue weighted by molar-refractivity contribution is -0.115. The first-order valence-electron chi connectivity index (χ1n) is 7.81. The van der Waals surface area contributed by atoms with E-state index in [1.807, 2.05) is 41.3 Å². The molecule has 1 atom stereocenters. The molecule has 0 aliphatic carbocycles. The molecule has 25 heavy (non-hydrogen) atoms.